The van der Waals surface area contributed by atoms with Gasteiger partial charge in [-0.2, -0.15) is 0 Å². The number of hydrogen-bond donors (Lipinski definition) is 5. The van der Waals surface area contributed by atoms with Crippen molar-refractivity contribution in [2.75, 3.05) is 27.2 Å². The highest BCUT2D eigenvalue weighted by molar-refractivity contribution is 5.84. The third-order valence-corrected chi connectivity index (χ3v) is 8.27. The van der Waals surface area contributed by atoms with Crippen molar-refractivity contribution in [3.05, 3.63) is 23.3 Å². The highest BCUT2D eigenvalue weighted by atomic mass is 16.7. The van der Waals surface area contributed by atoms with Crippen LogP contribution in [0.3, 0.4) is 0 Å². The number of aliphatic hydroxyl groups is 2. The van der Waals surface area contributed by atoms with Crippen LogP contribution in [0.2, 0.25) is 0 Å². The minimum Gasteiger partial charge on any atom is -0.494 e. The Morgan fingerprint density at radius 3 is 2.37 bits per heavy atom. The molecule has 1 aromatic heterocycles. The summed E-state index contributed by atoms with van der Waals surface area (Å²) in [6.07, 6.45) is 0.897. The Labute approximate surface area is 291 Å². The van der Waals surface area contributed by atoms with Crippen molar-refractivity contribution in [1.29, 1.82) is 0 Å². The maximum Gasteiger partial charge on any atom is 0.227 e. The number of aliphatic hydroxyl groups excluding tert-OH is 2. The zero-order chi connectivity index (χ0) is 36.9. The van der Waals surface area contributed by atoms with Gasteiger partial charge >= 0.3 is 0 Å². The van der Waals surface area contributed by atoms with Gasteiger partial charge < -0.3 is 45.3 Å². The summed E-state index contributed by atoms with van der Waals surface area (Å²) in [5.41, 5.74) is 0.688. The number of nitrogens with zero attached hydrogens (tertiary/aromatic N) is 4. The second-order valence-electron chi connectivity index (χ2n) is 14.3. The number of unbranched alkanes of at least 4 members (excludes halogenated alkanes) is 3. The maximum atomic E-state index is 12.9. The highest BCUT2D eigenvalue weighted by Gasteiger charge is 2.45. The molecule has 0 aromatic carbocycles. The van der Waals surface area contributed by atoms with Gasteiger partial charge in [0, 0.05) is 44.1 Å². The molecule has 2 heterocycles. The fraction of sp³-hybridized carbons (Fsp3) is 0.794. The molecule has 0 aliphatic carbocycles. The van der Waals surface area contributed by atoms with Gasteiger partial charge in [0.15, 0.2) is 6.29 Å². The lowest BCUT2D eigenvalue weighted by Gasteiger charge is -2.42. The van der Waals surface area contributed by atoms with Crippen LogP contribution in [0, 0.1) is 11.3 Å². The van der Waals surface area contributed by atoms with E-state index in [4.69, 9.17) is 14.2 Å². The topological polar surface area (TPSA) is 189 Å². The lowest BCUT2D eigenvalue weighted by Crippen LogP contribution is -2.64. The first-order valence-electron chi connectivity index (χ1n) is 17.3. The molecular formula is C34H61N7O8. The second-order valence-corrected chi connectivity index (χ2v) is 14.3. The molecular weight excluding hydrogens is 634 g/mol. The number of allylic oxidation sites excluding steroid dienone is 2. The molecule has 5 N–H and O–H groups in total. The van der Waals surface area contributed by atoms with Crippen LogP contribution in [0.5, 0.6) is 0 Å². The molecule has 1 aromatic rings. The van der Waals surface area contributed by atoms with Gasteiger partial charge in [-0.3, -0.25) is 14.4 Å². The Morgan fingerprint density at radius 1 is 1.06 bits per heavy atom. The Hall–Kier alpha value is -3.11. The van der Waals surface area contributed by atoms with E-state index >= 15 is 0 Å². The minimum absolute atomic E-state index is 0.0129. The monoisotopic (exact) mass is 695 g/mol. The van der Waals surface area contributed by atoms with Crippen molar-refractivity contribution in [1.82, 2.24) is 35.8 Å². The predicted molar refractivity (Wildman–Crippen MR) is 183 cm³/mol. The molecule has 49 heavy (non-hydrogen) atoms. The molecule has 0 bridgehead atoms. The molecule has 15 heteroatoms. The summed E-state index contributed by atoms with van der Waals surface area (Å²) in [4.78, 5) is 39.5. The third kappa shape index (κ3) is 14.3. The lowest BCUT2D eigenvalue weighted by molar-refractivity contribution is -0.267. The zero-order valence-corrected chi connectivity index (χ0v) is 31.1. The summed E-state index contributed by atoms with van der Waals surface area (Å²) in [6, 6.07) is -0.945. The molecule has 1 aliphatic heterocycles. The normalized spacial score (nSPS) is 22.4. The van der Waals surface area contributed by atoms with Gasteiger partial charge in [-0.05, 0) is 61.1 Å². The summed E-state index contributed by atoms with van der Waals surface area (Å²) in [5, 5.41) is 38.4. The first-order chi connectivity index (χ1) is 22.9. The van der Waals surface area contributed by atoms with E-state index in [0.29, 0.717) is 44.0 Å². The average molecular weight is 696 g/mol. The number of rotatable bonds is 20. The Kier molecular flexibility index (Phi) is 17.1. The van der Waals surface area contributed by atoms with Crippen molar-refractivity contribution >= 4 is 17.7 Å². The maximum absolute atomic E-state index is 12.9. The summed E-state index contributed by atoms with van der Waals surface area (Å²) >= 11 is 0. The molecule has 6 unspecified atom stereocenters. The van der Waals surface area contributed by atoms with Crippen LogP contribution < -0.4 is 16.0 Å². The summed E-state index contributed by atoms with van der Waals surface area (Å²) in [6.45, 7) is 15.9. The van der Waals surface area contributed by atoms with Gasteiger partial charge in [0.25, 0.3) is 0 Å². The van der Waals surface area contributed by atoms with Gasteiger partial charge in [-0.1, -0.05) is 38.8 Å². The van der Waals surface area contributed by atoms with Gasteiger partial charge in [-0.25, -0.2) is 4.68 Å². The van der Waals surface area contributed by atoms with Crippen molar-refractivity contribution in [3.63, 3.8) is 0 Å². The van der Waals surface area contributed by atoms with Gasteiger partial charge in [0.2, 0.25) is 17.7 Å². The summed E-state index contributed by atoms with van der Waals surface area (Å²) < 4.78 is 19.2. The van der Waals surface area contributed by atoms with E-state index in [9.17, 15) is 24.6 Å². The van der Waals surface area contributed by atoms with Crippen LogP contribution in [0.15, 0.2) is 17.7 Å². The third-order valence-electron chi connectivity index (χ3n) is 8.27. The number of carbonyl (C=O) groups excluding carboxylic acids is 3. The standard InChI is InChI=1S/C34H61N7O8/c1-21(2)48-24(5)23(4)36-31(45)22(3)17-34(7,8)33(46)35-15-13-11-12-14-16-47-32-28(37-25(6)42)30(44)29(43)27(49-32)20-41-19-26(38-39-41)18-40(9)10/h19,21-22,27-30,32,43-44H,11-18,20H2,1-10H3,(H,35,46)(H,36,45)(H,37,42). The molecule has 0 radical (unpaired) electrons. The Balaban J connectivity index is 1.77. The molecule has 2 rings (SSSR count). The molecule has 0 saturated carbocycles. The van der Waals surface area contributed by atoms with E-state index in [-0.39, 0.29) is 36.3 Å². The molecule has 280 valence electrons. The number of carbonyl (C=O) groups is 3. The van der Waals surface area contributed by atoms with Gasteiger partial charge in [0.1, 0.15) is 30.1 Å². The first-order valence-corrected chi connectivity index (χ1v) is 17.3. The fourth-order valence-electron chi connectivity index (χ4n) is 5.63. The molecule has 15 nitrogen and oxygen atoms in total. The first kappa shape index (κ1) is 42.1. The van der Waals surface area contributed by atoms with E-state index in [1.165, 1.54) is 6.92 Å². The second kappa shape index (κ2) is 19.9. The van der Waals surface area contributed by atoms with Crippen molar-refractivity contribution in [2.45, 2.75) is 137 Å². The average Bonchev–Trinajstić information content (AvgIpc) is 3.43. The predicted octanol–water partition coefficient (Wildman–Crippen LogP) is 1.83. The Bertz CT molecular complexity index is 1230. The molecule has 3 amide bonds. The van der Waals surface area contributed by atoms with Crippen molar-refractivity contribution in [2.24, 2.45) is 11.3 Å². The number of aromatic nitrogens is 3. The summed E-state index contributed by atoms with van der Waals surface area (Å²) in [5.74, 6) is -0.342. The number of nitrogens with one attached hydrogen (secondary N) is 3. The van der Waals surface area contributed by atoms with Crippen LogP contribution >= 0.6 is 0 Å². The quantitative estimate of drug-likeness (QED) is 0.0989. The fourth-order valence-corrected chi connectivity index (χ4v) is 5.63. The minimum atomic E-state index is -1.31. The van der Waals surface area contributed by atoms with Gasteiger partial charge in [0.05, 0.1) is 24.0 Å². The molecule has 1 saturated heterocycles. The summed E-state index contributed by atoms with van der Waals surface area (Å²) in [7, 11) is 3.84. The van der Waals surface area contributed by atoms with E-state index in [0.717, 1.165) is 25.0 Å². The highest BCUT2D eigenvalue weighted by Crippen LogP contribution is 2.27. The van der Waals surface area contributed by atoms with Gasteiger partial charge in [-0.15, -0.1) is 5.10 Å². The van der Waals surface area contributed by atoms with E-state index in [1.807, 2.05) is 60.5 Å². The van der Waals surface area contributed by atoms with Crippen LogP contribution in [-0.2, 0) is 41.7 Å². The van der Waals surface area contributed by atoms with Crippen LogP contribution in [0.1, 0.15) is 93.2 Å². The van der Waals surface area contributed by atoms with Crippen molar-refractivity contribution < 1.29 is 38.8 Å². The smallest absolute Gasteiger partial charge is 0.227 e. The molecule has 0 spiro atoms. The SMILES string of the molecule is CC(=O)NC1C(OCCCCCCNC(=O)C(C)(C)CC(C)C(=O)NC(C)=C(C)OC(C)C)OC(Cn2cc(CN(C)C)nn2)C(O)C1O. The lowest BCUT2D eigenvalue weighted by atomic mass is 9.82. The van der Waals surface area contributed by atoms with Crippen LogP contribution in [0.4, 0.5) is 0 Å². The van der Waals surface area contributed by atoms with Crippen LogP contribution in [-0.4, -0.2) is 112 Å². The Morgan fingerprint density at radius 2 is 1.73 bits per heavy atom. The van der Waals surface area contributed by atoms with E-state index in [2.05, 4.69) is 26.3 Å². The largest absolute Gasteiger partial charge is 0.494 e. The van der Waals surface area contributed by atoms with Crippen molar-refractivity contribution in [3.8, 4) is 0 Å². The van der Waals surface area contributed by atoms with E-state index < -0.39 is 36.1 Å². The number of hydrogen-bond acceptors (Lipinski definition) is 11. The molecule has 1 aliphatic rings. The number of amides is 3. The molecule has 1 fully saturated rings. The molecule has 6 atom stereocenters. The number of ether oxygens (including phenoxy) is 3. The van der Waals surface area contributed by atoms with E-state index in [1.54, 1.807) is 17.8 Å². The van der Waals surface area contributed by atoms with Crippen LogP contribution in [0.25, 0.3) is 0 Å². The zero-order valence-electron chi connectivity index (χ0n) is 31.1.